The van der Waals surface area contributed by atoms with E-state index in [0.29, 0.717) is 10.5 Å². The van der Waals surface area contributed by atoms with Crippen LogP contribution >= 0.6 is 11.8 Å². The van der Waals surface area contributed by atoms with Crippen molar-refractivity contribution in [2.75, 3.05) is 19.3 Å². The van der Waals surface area contributed by atoms with Gasteiger partial charge >= 0.3 is 0 Å². The number of carbonyl (C=O) groups excluding carboxylic acids is 1. The summed E-state index contributed by atoms with van der Waals surface area (Å²) in [6, 6.07) is 0.190. The molecule has 0 aromatic rings. The van der Waals surface area contributed by atoms with Gasteiger partial charge in [-0.3, -0.25) is 9.69 Å². The molecular weight excluding hydrogens is 206 g/mol. The molecule has 1 aliphatic rings. The Morgan fingerprint density at radius 3 is 2.60 bits per heavy atom. The predicted molar refractivity (Wildman–Crippen MR) is 67.2 cm³/mol. The maximum atomic E-state index is 11.9. The van der Waals surface area contributed by atoms with Gasteiger partial charge in [0.2, 0.25) is 5.12 Å². The number of likely N-dealkylation sites (N-methyl/N-ethyl adjacent to an activating group) is 1. The van der Waals surface area contributed by atoms with Crippen LogP contribution in [0.1, 0.15) is 40.0 Å². The van der Waals surface area contributed by atoms with E-state index in [-0.39, 0.29) is 6.04 Å². The predicted octanol–water partition coefficient (Wildman–Crippen LogP) is 2.78. The van der Waals surface area contributed by atoms with Gasteiger partial charge in [-0.25, -0.2) is 0 Å². The summed E-state index contributed by atoms with van der Waals surface area (Å²) in [4.78, 5) is 14.0. The van der Waals surface area contributed by atoms with E-state index in [4.69, 9.17) is 0 Å². The highest BCUT2D eigenvalue weighted by molar-refractivity contribution is 8.13. The third kappa shape index (κ3) is 4.56. The van der Waals surface area contributed by atoms with E-state index < -0.39 is 0 Å². The quantitative estimate of drug-likeness (QED) is 0.742. The van der Waals surface area contributed by atoms with Gasteiger partial charge in [0, 0.05) is 5.75 Å². The van der Waals surface area contributed by atoms with Crippen LogP contribution < -0.4 is 0 Å². The number of nitrogens with zero attached hydrogens (tertiary/aromatic N) is 1. The van der Waals surface area contributed by atoms with Gasteiger partial charge in [-0.15, -0.1) is 0 Å². The van der Waals surface area contributed by atoms with Gasteiger partial charge in [-0.05, 0) is 38.3 Å². The monoisotopic (exact) mass is 229 g/mol. The standard InChI is InChI=1S/C12H23NOS/c1-12(2,3)7-9-15-11(14)10-6-5-8-13(10)4/h10H,5-9H2,1-4H3. The molecule has 1 aliphatic heterocycles. The van der Waals surface area contributed by atoms with Crippen LogP contribution in [-0.4, -0.2) is 35.4 Å². The average molecular weight is 229 g/mol. The second-order valence-corrected chi connectivity index (χ2v) is 6.72. The van der Waals surface area contributed by atoms with E-state index >= 15 is 0 Å². The van der Waals surface area contributed by atoms with Gasteiger partial charge in [-0.2, -0.15) is 0 Å². The van der Waals surface area contributed by atoms with Gasteiger partial charge in [0.1, 0.15) is 0 Å². The number of rotatable bonds is 3. The summed E-state index contributed by atoms with van der Waals surface area (Å²) >= 11 is 1.52. The minimum atomic E-state index is 0.190. The summed E-state index contributed by atoms with van der Waals surface area (Å²) in [5.41, 5.74) is 0.342. The van der Waals surface area contributed by atoms with Crippen molar-refractivity contribution in [3.63, 3.8) is 0 Å². The molecule has 2 nitrogen and oxygen atoms in total. The summed E-state index contributed by atoms with van der Waals surface area (Å²) in [5, 5.41) is 0.374. The molecule has 0 aliphatic carbocycles. The molecule has 0 aromatic heterocycles. The Hall–Kier alpha value is -0.0200. The molecule has 0 spiro atoms. The number of carbonyl (C=O) groups is 1. The maximum absolute atomic E-state index is 11.9. The number of thioether (sulfide) groups is 1. The van der Waals surface area contributed by atoms with Crippen molar-refractivity contribution in [1.29, 1.82) is 0 Å². The lowest BCUT2D eigenvalue weighted by molar-refractivity contribution is -0.114. The Morgan fingerprint density at radius 2 is 2.13 bits per heavy atom. The molecule has 1 unspecified atom stereocenters. The van der Waals surface area contributed by atoms with E-state index in [1.807, 2.05) is 0 Å². The molecule has 1 saturated heterocycles. The first-order chi connectivity index (χ1) is 6.90. The van der Waals surface area contributed by atoms with Crippen molar-refractivity contribution in [2.45, 2.75) is 46.1 Å². The Balaban J connectivity index is 2.24. The highest BCUT2D eigenvalue weighted by atomic mass is 32.2. The molecule has 15 heavy (non-hydrogen) atoms. The molecule has 0 N–H and O–H groups in total. The van der Waals surface area contributed by atoms with Gasteiger partial charge in [0.25, 0.3) is 0 Å². The van der Waals surface area contributed by atoms with E-state index in [9.17, 15) is 4.79 Å². The molecule has 0 aromatic carbocycles. The summed E-state index contributed by atoms with van der Waals surface area (Å²) in [7, 11) is 2.06. The molecule has 0 saturated carbocycles. The fourth-order valence-electron chi connectivity index (χ4n) is 1.76. The highest BCUT2D eigenvalue weighted by Crippen LogP contribution is 2.25. The molecule has 1 heterocycles. The zero-order valence-corrected chi connectivity index (χ0v) is 11.2. The smallest absolute Gasteiger partial charge is 0.206 e. The van der Waals surface area contributed by atoms with Gasteiger partial charge < -0.3 is 0 Å². The number of hydrogen-bond acceptors (Lipinski definition) is 3. The summed E-state index contributed by atoms with van der Waals surface area (Å²) < 4.78 is 0. The Bertz CT molecular complexity index is 222. The van der Waals surface area contributed by atoms with Crippen molar-refractivity contribution in [3.8, 4) is 0 Å². The van der Waals surface area contributed by atoms with Gasteiger partial charge in [-0.1, -0.05) is 32.5 Å². The number of hydrogen-bond donors (Lipinski definition) is 0. The SMILES string of the molecule is CN1CCCC1C(=O)SCCC(C)(C)C. The zero-order chi connectivity index (χ0) is 11.5. The zero-order valence-electron chi connectivity index (χ0n) is 10.4. The molecule has 3 heteroatoms. The fourth-order valence-corrected chi connectivity index (χ4v) is 3.17. The summed E-state index contributed by atoms with van der Waals surface area (Å²) in [6.45, 7) is 7.75. The first-order valence-electron chi connectivity index (χ1n) is 5.77. The molecule has 0 radical (unpaired) electrons. The average Bonchev–Trinajstić information content (AvgIpc) is 2.48. The normalized spacial score (nSPS) is 23.3. The highest BCUT2D eigenvalue weighted by Gasteiger charge is 2.27. The van der Waals surface area contributed by atoms with Crippen LogP contribution in [0.5, 0.6) is 0 Å². The van der Waals surface area contributed by atoms with E-state index in [2.05, 4.69) is 32.7 Å². The van der Waals surface area contributed by atoms with Crippen LogP contribution in [0.15, 0.2) is 0 Å². The van der Waals surface area contributed by atoms with Crippen LogP contribution in [0, 0.1) is 5.41 Å². The van der Waals surface area contributed by atoms with Crippen LogP contribution in [-0.2, 0) is 4.79 Å². The lowest BCUT2D eigenvalue weighted by Crippen LogP contribution is -2.31. The van der Waals surface area contributed by atoms with Crippen molar-refractivity contribution in [2.24, 2.45) is 5.41 Å². The minimum absolute atomic E-state index is 0.190. The molecule has 0 bridgehead atoms. The largest absolute Gasteiger partial charge is 0.296 e. The van der Waals surface area contributed by atoms with Crippen LogP contribution in [0.25, 0.3) is 0 Å². The molecule has 1 fully saturated rings. The van der Waals surface area contributed by atoms with Crippen LogP contribution in [0.2, 0.25) is 0 Å². The topological polar surface area (TPSA) is 20.3 Å². The van der Waals surface area contributed by atoms with Crippen LogP contribution in [0.3, 0.4) is 0 Å². The minimum Gasteiger partial charge on any atom is -0.296 e. The molecule has 1 rings (SSSR count). The summed E-state index contributed by atoms with van der Waals surface area (Å²) in [6.07, 6.45) is 3.34. The van der Waals surface area contributed by atoms with Crippen molar-refractivity contribution in [1.82, 2.24) is 4.90 Å². The van der Waals surface area contributed by atoms with E-state index in [1.165, 1.54) is 18.2 Å². The molecular formula is C12H23NOS. The lowest BCUT2D eigenvalue weighted by Gasteiger charge is -2.20. The maximum Gasteiger partial charge on any atom is 0.206 e. The van der Waals surface area contributed by atoms with E-state index in [1.54, 1.807) is 0 Å². The van der Waals surface area contributed by atoms with Crippen molar-refractivity contribution in [3.05, 3.63) is 0 Å². The van der Waals surface area contributed by atoms with Crippen molar-refractivity contribution >= 4 is 16.9 Å². The van der Waals surface area contributed by atoms with Crippen LogP contribution in [0.4, 0.5) is 0 Å². The summed E-state index contributed by atoms with van der Waals surface area (Å²) in [5.74, 6) is 0.965. The molecule has 0 amide bonds. The van der Waals surface area contributed by atoms with Gasteiger partial charge in [0.15, 0.2) is 0 Å². The molecule has 1 atom stereocenters. The van der Waals surface area contributed by atoms with Crippen molar-refractivity contribution < 1.29 is 4.79 Å². The van der Waals surface area contributed by atoms with E-state index in [0.717, 1.165) is 25.1 Å². The Kier molecular flexibility index (Phi) is 4.65. The number of likely N-dealkylation sites (tertiary alicyclic amines) is 1. The fraction of sp³-hybridized carbons (Fsp3) is 0.917. The Morgan fingerprint density at radius 1 is 1.47 bits per heavy atom. The first-order valence-corrected chi connectivity index (χ1v) is 6.75. The third-order valence-corrected chi connectivity index (χ3v) is 3.85. The second-order valence-electron chi connectivity index (χ2n) is 5.62. The Labute approximate surface area is 97.8 Å². The second kappa shape index (κ2) is 5.35. The lowest BCUT2D eigenvalue weighted by atomic mass is 9.94. The first kappa shape index (κ1) is 13.0. The third-order valence-electron chi connectivity index (χ3n) is 2.89. The molecule has 88 valence electrons. The van der Waals surface area contributed by atoms with Gasteiger partial charge in [0.05, 0.1) is 6.04 Å².